The summed E-state index contributed by atoms with van der Waals surface area (Å²) in [6, 6.07) is 5.50. The molecule has 1 aliphatic heterocycles. The van der Waals surface area contributed by atoms with Gasteiger partial charge in [-0.15, -0.1) is 11.3 Å². The van der Waals surface area contributed by atoms with Crippen molar-refractivity contribution in [1.82, 2.24) is 14.6 Å². The first-order valence-corrected chi connectivity index (χ1v) is 11.1. The van der Waals surface area contributed by atoms with Crippen LogP contribution in [0, 0.1) is 0 Å². The van der Waals surface area contributed by atoms with Crippen molar-refractivity contribution in [2.24, 2.45) is 5.16 Å². The fourth-order valence-corrected chi connectivity index (χ4v) is 4.15. The van der Waals surface area contributed by atoms with Crippen LogP contribution in [-0.2, 0) is 40.9 Å². The van der Waals surface area contributed by atoms with Crippen LogP contribution >= 0.6 is 11.3 Å². The van der Waals surface area contributed by atoms with Gasteiger partial charge in [0, 0.05) is 5.38 Å². The number of hydrogen-bond donors (Lipinski definition) is 3. The molecule has 4 N–H and O–H groups in total. The summed E-state index contributed by atoms with van der Waals surface area (Å²) < 4.78 is 36.3. The quantitative estimate of drug-likeness (QED) is 0.142. The molecule has 1 fully saturated rings. The first-order valence-electron chi connectivity index (χ1n) is 8.78. The lowest BCUT2D eigenvalue weighted by molar-refractivity contribution is -0.162. The average Bonchev–Trinajstić information content (AvgIpc) is 3.17. The van der Waals surface area contributed by atoms with Crippen LogP contribution in [0.15, 0.2) is 40.9 Å². The Hall–Kier alpha value is -3.56. The van der Waals surface area contributed by atoms with E-state index >= 15 is 0 Å². The Bertz CT molecular complexity index is 1160. The zero-order chi connectivity index (χ0) is 23.5. The first kappa shape index (κ1) is 23.1. The van der Waals surface area contributed by atoms with Gasteiger partial charge in [-0.2, -0.15) is 12.7 Å². The third-order valence-corrected chi connectivity index (χ3v) is 5.82. The number of hydrogen-bond acceptors (Lipinski definition) is 11. The Kier molecular flexibility index (Phi) is 6.71. The molecule has 2 heterocycles. The van der Waals surface area contributed by atoms with Crippen molar-refractivity contribution in [3.8, 4) is 0 Å². The van der Waals surface area contributed by atoms with Crippen LogP contribution in [-0.4, -0.2) is 64.9 Å². The van der Waals surface area contributed by atoms with Crippen LogP contribution in [0.25, 0.3) is 0 Å². The second kappa shape index (κ2) is 9.29. The predicted octanol–water partition coefficient (Wildman–Crippen LogP) is -0.682. The van der Waals surface area contributed by atoms with Crippen molar-refractivity contribution in [3.63, 3.8) is 0 Å². The molecule has 0 bridgehead atoms. The largest absolute Gasteiger partial charge is 0.467 e. The van der Waals surface area contributed by atoms with E-state index in [0.29, 0.717) is 0 Å². The summed E-state index contributed by atoms with van der Waals surface area (Å²) in [4.78, 5) is 46.1. The van der Waals surface area contributed by atoms with Gasteiger partial charge in [-0.3, -0.25) is 14.1 Å². The number of nitrogens with zero attached hydrogens (tertiary/aromatic N) is 3. The second-order valence-electron chi connectivity index (χ2n) is 6.30. The van der Waals surface area contributed by atoms with E-state index in [9.17, 15) is 27.4 Å². The van der Waals surface area contributed by atoms with Crippen molar-refractivity contribution >= 4 is 50.3 Å². The Morgan fingerprint density at radius 1 is 1.34 bits per heavy atom. The SMILES string of the molecule is COC(=O)C1C(NC(=O)C(=NOCc2ccccc2)c2csc(N)n2)C(=O)N1S(=O)(=O)O. The van der Waals surface area contributed by atoms with Crippen LogP contribution in [0.3, 0.4) is 0 Å². The minimum Gasteiger partial charge on any atom is -0.467 e. The van der Waals surface area contributed by atoms with Crippen LogP contribution in [0.5, 0.6) is 0 Å². The molecule has 2 amide bonds. The summed E-state index contributed by atoms with van der Waals surface area (Å²) in [5.74, 6) is -3.39. The fourth-order valence-electron chi connectivity index (χ4n) is 2.77. The third kappa shape index (κ3) is 4.84. The van der Waals surface area contributed by atoms with Crippen molar-refractivity contribution in [1.29, 1.82) is 0 Å². The van der Waals surface area contributed by atoms with Gasteiger partial charge in [-0.25, -0.2) is 9.78 Å². The number of carbonyl (C=O) groups excluding carboxylic acids is 3. The highest BCUT2D eigenvalue weighted by molar-refractivity contribution is 7.84. The second-order valence-corrected chi connectivity index (χ2v) is 8.48. The Balaban J connectivity index is 1.82. The maximum Gasteiger partial charge on any atom is 0.363 e. The molecule has 15 heteroatoms. The first-order chi connectivity index (χ1) is 15.1. The molecule has 2 atom stereocenters. The number of carbonyl (C=O) groups is 3. The number of thiazole rings is 1. The molecule has 3 rings (SSSR count). The number of amides is 2. The summed E-state index contributed by atoms with van der Waals surface area (Å²) in [7, 11) is -4.10. The molecule has 0 saturated carbocycles. The maximum atomic E-state index is 12.8. The Morgan fingerprint density at radius 2 is 2.03 bits per heavy atom. The number of ether oxygens (including phenoxy) is 1. The number of anilines is 1. The van der Waals surface area contributed by atoms with Gasteiger partial charge >= 0.3 is 16.3 Å². The number of aromatic nitrogens is 1. The predicted molar refractivity (Wildman–Crippen MR) is 110 cm³/mol. The van der Waals surface area contributed by atoms with E-state index in [1.165, 1.54) is 5.38 Å². The highest BCUT2D eigenvalue weighted by Gasteiger charge is 2.58. The molecule has 1 aliphatic rings. The standard InChI is InChI=1S/C17H17N5O8S2/c1-29-16(25)13-12(15(24)22(13)32(26,27)28)20-14(23)11(10-8-31-17(18)19-10)21-30-7-9-5-3-2-4-6-9/h2-6,8,12-13H,7H2,1H3,(H2,18,19)(H,20,23)(H,26,27,28). The molecule has 170 valence electrons. The lowest BCUT2D eigenvalue weighted by Crippen LogP contribution is -2.74. The number of nitrogens with one attached hydrogen (secondary N) is 1. The van der Waals surface area contributed by atoms with E-state index in [1.807, 2.05) is 6.07 Å². The van der Waals surface area contributed by atoms with E-state index in [1.54, 1.807) is 24.3 Å². The topological polar surface area (TPSA) is 191 Å². The number of methoxy groups -OCH3 is 1. The average molecular weight is 483 g/mol. The maximum absolute atomic E-state index is 12.8. The van der Waals surface area contributed by atoms with E-state index in [-0.39, 0.29) is 27.4 Å². The number of nitrogens with two attached hydrogens (primary N) is 1. The molecule has 0 aliphatic carbocycles. The minimum atomic E-state index is -5.05. The zero-order valence-electron chi connectivity index (χ0n) is 16.4. The van der Waals surface area contributed by atoms with Gasteiger partial charge in [0.05, 0.1) is 7.11 Å². The van der Waals surface area contributed by atoms with Gasteiger partial charge in [0.25, 0.3) is 11.8 Å². The molecule has 1 saturated heterocycles. The summed E-state index contributed by atoms with van der Waals surface area (Å²) in [5, 5.41) is 7.53. The Morgan fingerprint density at radius 3 is 2.59 bits per heavy atom. The van der Waals surface area contributed by atoms with Crippen LogP contribution in [0.2, 0.25) is 0 Å². The minimum absolute atomic E-state index is 0.0148. The van der Waals surface area contributed by atoms with Gasteiger partial charge in [-0.05, 0) is 5.56 Å². The normalized spacial score (nSPS) is 18.6. The monoisotopic (exact) mass is 483 g/mol. The molecule has 32 heavy (non-hydrogen) atoms. The summed E-state index contributed by atoms with van der Waals surface area (Å²) in [6.45, 7) is 0.0148. The van der Waals surface area contributed by atoms with Gasteiger partial charge in [-0.1, -0.05) is 35.5 Å². The lowest BCUT2D eigenvalue weighted by atomic mass is 9.98. The van der Waals surface area contributed by atoms with Gasteiger partial charge in [0.2, 0.25) is 0 Å². The zero-order valence-corrected chi connectivity index (χ0v) is 18.0. The number of oxime groups is 1. The van der Waals surface area contributed by atoms with E-state index in [4.69, 9.17) is 10.6 Å². The van der Waals surface area contributed by atoms with E-state index in [2.05, 4.69) is 20.2 Å². The van der Waals surface area contributed by atoms with E-state index in [0.717, 1.165) is 24.0 Å². The molecule has 2 unspecified atom stereocenters. The number of benzene rings is 1. The van der Waals surface area contributed by atoms with Crippen molar-refractivity contribution in [3.05, 3.63) is 47.0 Å². The van der Waals surface area contributed by atoms with Gasteiger partial charge in [0.1, 0.15) is 18.3 Å². The van der Waals surface area contributed by atoms with Gasteiger partial charge in [0.15, 0.2) is 16.9 Å². The van der Waals surface area contributed by atoms with Crippen LogP contribution in [0.4, 0.5) is 5.13 Å². The molecule has 13 nitrogen and oxygen atoms in total. The van der Waals surface area contributed by atoms with Crippen molar-refractivity contribution in [2.45, 2.75) is 18.7 Å². The van der Waals surface area contributed by atoms with Crippen molar-refractivity contribution in [2.75, 3.05) is 12.8 Å². The number of esters is 1. The molecular weight excluding hydrogens is 466 g/mol. The molecule has 1 aromatic carbocycles. The number of rotatable bonds is 8. The molecule has 0 spiro atoms. The molecule has 2 aromatic rings. The molecule has 1 aromatic heterocycles. The number of β-lactam (4-membered cyclic amide) rings is 1. The number of nitrogen functional groups attached to an aromatic ring is 1. The van der Waals surface area contributed by atoms with Gasteiger partial charge < -0.3 is 20.6 Å². The Labute approximate surface area is 185 Å². The van der Waals surface area contributed by atoms with Crippen LogP contribution < -0.4 is 11.1 Å². The summed E-state index contributed by atoms with van der Waals surface area (Å²) in [6.07, 6.45) is 0. The van der Waals surface area contributed by atoms with Crippen molar-refractivity contribution < 1.29 is 36.9 Å². The van der Waals surface area contributed by atoms with Crippen LogP contribution in [0.1, 0.15) is 11.3 Å². The third-order valence-electron chi connectivity index (χ3n) is 4.24. The smallest absolute Gasteiger partial charge is 0.363 e. The molecular formula is C17H17N5O8S2. The highest BCUT2D eigenvalue weighted by atomic mass is 32.2. The lowest BCUT2D eigenvalue weighted by Gasteiger charge is -2.41. The fraction of sp³-hybridized carbons (Fsp3) is 0.235. The van der Waals surface area contributed by atoms with E-state index < -0.39 is 40.2 Å². The molecule has 0 radical (unpaired) electrons. The highest BCUT2D eigenvalue weighted by Crippen LogP contribution is 2.25. The summed E-state index contributed by atoms with van der Waals surface area (Å²) in [5.41, 5.74) is 6.04. The summed E-state index contributed by atoms with van der Waals surface area (Å²) >= 11 is 1.02.